The third-order valence-electron chi connectivity index (χ3n) is 2.78. The predicted molar refractivity (Wildman–Crippen MR) is 51.8 cm³/mol. The molecule has 1 aliphatic carbocycles. The van der Waals surface area contributed by atoms with Crippen molar-refractivity contribution in [3.63, 3.8) is 0 Å². The van der Waals surface area contributed by atoms with Gasteiger partial charge in [0.1, 0.15) is 5.76 Å². The van der Waals surface area contributed by atoms with Gasteiger partial charge >= 0.3 is 0 Å². The van der Waals surface area contributed by atoms with E-state index in [1.165, 1.54) is 19.2 Å². The molecule has 2 atom stereocenters. The highest BCUT2D eigenvalue weighted by atomic mass is 16.5. The van der Waals surface area contributed by atoms with Crippen LogP contribution in [0.1, 0.15) is 25.0 Å². The molecule has 0 saturated heterocycles. The van der Waals surface area contributed by atoms with Crippen LogP contribution >= 0.6 is 0 Å². The van der Waals surface area contributed by atoms with Gasteiger partial charge in [0, 0.05) is 13.2 Å². The van der Waals surface area contributed by atoms with E-state index in [1.54, 1.807) is 13.3 Å². The summed E-state index contributed by atoms with van der Waals surface area (Å²) >= 11 is 0. The molecule has 1 heterocycles. The average molecular weight is 196 g/mol. The molecule has 1 fully saturated rings. The summed E-state index contributed by atoms with van der Waals surface area (Å²) in [6.07, 6.45) is 7.14. The fraction of sp³-hybridized carbons (Fsp3) is 0.700. The Morgan fingerprint density at radius 3 is 3.29 bits per heavy atom. The van der Waals surface area contributed by atoms with Gasteiger partial charge < -0.3 is 14.5 Å². The van der Waals surface area contributed by atoms with Crippen molar-refractivity contribution in [2.75, 3.05) is 7.11 Å². The van der Waals surface area contributed by atoms with Crippen molar-refractivity contribution in [2.45, 2.75) is 38.0 Å². The number of hydrogen-bond acceptors (Lipinski definition) is 4. The molecule has 4 nitrogen and oxygen atoms in total. The van der Waals surface area contributed by atoms with Crippen molar-refractivity contribution >= 4 is 0 Å². The summed E-state index contributed by atoms with van der Waals surface area (Å²) in [6, 6.07) is 0.463. The molecule has 1 aromatic rings. The number of nitrogens with one attached hydrogen (secondary N) is 1. The number of nitrogens with zero attached hydrogens (tertiary/aromatic N) is 1. The van der Waals surface area contributed by atoms with Crippen molar-refractivity contribution < 1.29 is 9.15 Å². The van der Waals surface area contributed by atoms with E-state index in [-0.39, 0.29) is 0 Å². The van der Waals surface area contributed by atoms with E-state index in [0.717, 1.165) is 18.7 Å². The zero-order valence-electron chi connectivity index (χ0n) is 8.40. The van der Waals surface area contributed by atoms with Crippen LogP contribution in [-0.2, 0) is 11.3 Å². The van der Waals surface area contributed by atoms with Crippen LogP contribution < -0.4 is 5.32 Å². The van der Waals surface area contributed by atoms with Crippen molar-refractivity contribution in [3.8, 4) is 0 Å². The molecule has 1 N–H and O–H groups in total. The van der Waals surface area contributed by atoms with E-state index >= 15 is 0 Å². The van der Waals surface area contributed by atoms with E-state index in [4.69, 9.17) is 9.15 Å². The normalized spacial score (nSPS) is 26.9. The van der Waals surface area contributed by atoms with Crippen LogP contribution in [0.15, 0.2) is 17.0 Å². The van der Waals surface area contributed by atoms with Gasteiger partial charge in [-0.25, -0.2) is 4.98 Å². The van der Waals surface area contributed by atoms with Gasteiger partial charge in [-0.3, -0.25) is 0 Å². The molecule has 1 aliphatic rings. The standard InChI is InChI=1S/C10H16N2O2/c1-13-10-4-2-3-9(10)12-6-8-5-11-7-14-8/h5,7,9-10,12H,2-4,6H2,1H3. The third-order valence-corrected chi connectivity index (χ3v) is 2.78. The third kappa shape index (κ3) is 2.13. The predicted octanol–water partition coefficient (Wildman–Crippen LogP) is 1.33. The second-order valence-corrected chi connectivity index (χ2v) is 3.66. The second kappa shape index (κ2) is 4.57. The molecule has 2 unspecified atom stereocenters. The summed E-state index contributed by atoms with van der Waals surface area (Å²) in [5.74, 6) is 0.881. The van der Waals surface area contributed by atoms with E-state index in [2.05, 4.69) is 10.3 Å². The minimum atomic E-state index is 0.359. The first-order chi connectivity index (χ1) is 6.90. The number of rotatable bonds is 4. The van der Waals surface area contributed by atoms with Gasteiger partial charge in [-0.2, -0.15) is 0 Å². The molecule has 2 rings (SSSR count). The maximum absolute atomic E-state index is 5.38. The van der Waals surface area contributed by atoms with Crippen molar-refractivity contribution in [3.05, 3.63) is 18.4 Å². The monoisotopic (exact) mass is 196 g/mol. The average Bonchev–Trinajstić information content (AvgIpc) is 2.85. The molecular formula is C10H16N2O2. The summed E-state index contributed by atoms with van der Waals surface area (Å²) < 4.78 is 10.5. The molecule has 1 saturated carbocycles. The zero-order chi connectivity index (χ0) is 9.80. The van der Waals surface area contributed by atoms with Crippen LogP contribution in [0.5, 0.6) is 0 Å². The first-order valence-corrected chi connectivity index (χ1v) is 5.03. The fourth-order valence-corrected chi connectivity index (χ4v) is 2.00. The SMILES string of the molecule is COC1CCCC1NCc1cnco1. The molecule has 4 heteroatoms. The van der Waals surface area contributed by atoms with E-state index in [1.807, 2.05) is 0 Å². The summed E-state index contributed by atoms with van der Waals surface area (Å²) in [5.41, 5.74) is 0. The lowest BCUT2D eigenvalue weighted by atomic mass is 10.2. The summed E-state index contributed by atoms with van der Waals surface area (Å²) in [6.45, 7) is 0.741. The molecule has 0 spiro atoms. The smallest absolute Gasteiger partial charge is 0.180 e. The van der Waals surface area contributed by atoms with Gasteiger partial charge in [-0.05, 0) is 19.3 Å². The summed E-state index contributed by atoms with van der Waals surface area (Å²) in [4.78, 5) is 3.87. The molecule has 0 radical (unpaired) electrons. The minimum absolute atomic E-state index is 0.359. The zero-order valence-corrected chi connectivity index (χ0v) is 8.40. The Morgan fingerprint density at radius 1 is 1.64 bits per heavy atom. The Hall–Kier alpha value is -0.870. The lowest BCUT2D eigenvalue weighted by Crippen LogP contribution is -2.36. The molecule has 1 aromatic heterocycles. The maximum atomic E-state index is 5.38. The van der Waals surface area contributed by atoms with E-state index in [0.29, 0.717) is 12.1 Å². The number of methoxy groups -OCH3 is 1. The van der Waals surface area contributed by atoms with Gasteiger partial charge in [-0.15, -0.1) is 0 Å². The Labute approximate surface area is 83.7 Å². The molecule has 78 valence electrons. The van der Waals surface area contributed by atoms with Crippen LogP contribution in [0.25, 0.3) is 0 Å². The van der Waals surface area contributed by atoms with Crippen molar-refractivity contribution in [1.82, 2.24) is 10.3 Å². The fourth-order valence-electron chi connectivity index (χ4n) is 2.00. The van der Waals surface area contributed by atoms with Gasteiger partial charge in [0.05, 0.1) is 18.8 Å². The molecule has 0 bridgehead atoms. The van der Waals surface area contributed by atoms with E-state index < -0.39 is 0 Å². The molecule has 14 heavy (non-hydrogen) atoms. The van der Waals surface area contributed by atoms with Crippen LogP contribution in [0.2, 0.25) is 0 Å². The van der Waals surface area contributed by atoms with Crippen LogP contribution in [0.3, 0.4) is 0 Å². The highest BCUT2D eigenvalue weighted by molar-refractivity contribution is 4.91. The summed E-state index contributed by atoms with van der Waals surface area (Å²) in [7, 11) is 1.78. The maximum Gasteiger partial charge on any atom is 0.180 e. The van der Waals surface area contributed by atoms with E-state index in [9.17, 15) is 0 Å². The van der Waals surface area contributed by atoms with Gasteiger partial charge in [0.2, 0.25) is 0 Å². The van der Waals surface area contributed by atoms with Crippen molar-refractivity contribution in [2.24, 2.45) is 0 Å². The molecular weight excluding hydrogens is 180 g/mol. The first-order valence-electron chi connectivity index (χ1n) is 5.03. The quantitative estimate of drug-likeness (QED) is 0.789. The largest absolute Gasteiger partial charge is 0.447 e. The number of oxazole rings is 1. The Morgan fingerprint density at radius 2 is 2.57 bits per heavy atom. The number of aromatic nitrogens is 1. The molecule has 0 aromatic carbocycles. The van der Waals surface area contributed by atoms with Crippen molar-refractivity contribution in [1.29, 1.82) is 0 Å². The molecule has 0 amide bonds. The van der Waals surface area contributed by atoms with Gasteiger partial charge in [0.25, 0.3) is 0 Å². The van der Waals surface area contributed by atoms with Crippen LogP contribution in [0, 0.1) is 0 Å². The minimum Gasteiger partial charge on any atom is -0.447 e. The highest BCUT2D eigenvalue weighted by Gasteiger charge is 2.26. The lowest BCUT2D eigenvalue weighted by Gasteiger charge is -2.18. The first kappa shape index (κ1) is 9.68. The number of hydrogen-bond donors (Lipinski definition) is 1. The lowest BCUT2D eigenvalue weighted by molar-refractivity contribution is 0.0841. The Bertz CT molecular complexity index is 261. The van der Waals surface area contributed by atoms with Crippen LogP contribution in [-0.4, -0.2) is 24.2 Å². The Balaban J connectivity index is 1.80. The Kier molecular flexibility index (Phi) is 3.16. The van der Waals surface area contributed by atoms with Gasteiger partial charge in [-0.1, -0.05) is 0 Å². The second-order valence-electron chi connectivity index (χ2n) is 3.66. The molecule has 0 aliphatic heterocycles. The summed E-state index contributed by atoms with van der Waals surface area (Å²) in [5, 5.41) is 3.43. The van der Waals surface area contributed by atoms with Crippen LogP contribution in [0.4, 0.5) is 0 Å². The van der Waals surface area contributed by atoms with Gasteiger partial charge in [0.15, 0.2) is 6.39 Å². The highest BCUT2D eigenvalue weighted by Crippen LogP contribution is 2.21. The number of ether oxygens (including phenoxy) is 1. The topological polar surface area (TPSA) is 47.3 Å².